The van der Waals surface area contributed by atoms with Gasteiger partial charge in [-0.15, -0.1) is 0 Å². The van der Waals surface area contributed by atoms with Crippen molar-refractivity contribution in [3.63, 3.8) is 0 Å². The number of anilines is 2. The Morgan fingerprint density at radius 3 is 2.54 bits per heavy atom. The van der Waals surface area contributed by atoms with Crippen LogP contribution in [0, 0.1) is 0 Å². The molecule has 0 aromatic heterocycles. The van der Waals surface area contributed by atoms with Gasteiger partial charge in [-0.05, 0) is 55.9 Å². The van der Waals surface area contributed by atoms with Crippen molar-refractivity contribution in [1.29, 1.82) is 0 Å². The van der Waals surface area contributed by atoms with E-state index < -0.39 is 10.0 Å². The maximum absolute atomic E-state index is 12.5. The van der Waals surface area contributed by atoms with Gasteiger partial charge in [-0.2, -0.15) is 0 Å². The highest BCUT2D eigenvalue weighted by molar-refractivity contribution is 7.92. The van der Waals surface area contributed by atoms with Crippen LogP contribution in [0.4, 0.5) is 11.4 Å². The van der Waals surface area contributed by atoms with Crippen molar-refractivity contribution in [2.75, 3.05) is 29.8 Å². The lowest BCUT2D eigenvalue weighted by molar-refractivity contribution is 0.146. The molecule has 0 fully saturated rings. The van der Waals surface area contributed by atoms with Crippen molar-refractivity contribution < 1.29 is 13.2 Å². The third-order valence-electron chi connectivity index (χ3n) is 3.38. The zero-order valence-corrected chi connectivity index (χ0v) is 16.2. The molecule has 26 heavy (non-hydrogen) atoms. The summed E-state index contributed by atoms with van der Waals surface area (Å²) >= 11 is 5.23. The third-order valence-corrected chi connectivity index (χ3v) is 5.01. The molecule has 2 aromatic rings. The lowest BCUT2D eigenvalue weighted by Gasteiger charge is -2.12. The molecule has 0 saturated heterocycles. The summed E-state index contributed by atoms with van der Waals surface area (Å²) < 4.78 is 32.8. The van der Waals surface area contributed by atoms with Gasteiger partial charge in [0.1, 0.15) is 0 Å². The van der Waals surface area contributed by atoms with Crippen LogP contribution in [-0.2, 0) is 14.8 Å². The Kier molecular flexibility index (Phi) is 7.83. The lowest BCUT2D eigenvalue weighted by atomic mass is 10.3. The third kappa shape index (κ3) is 6.62. The molecule has 2 rings (SSSR count). The Balaban J connectivity index is 1.95. The minimum Gasteiger partial charge on any atom is -0.382 e. The molecule has 0 aliphatic carbocycles. The first kappa shape index (κ1) is 20.2. The van der Waals surface area contributed by atoms with Crippen molar-refractivity contribution in [2.45, 2.75) is 18.2 Å². The van der Waals surface area contributed by atoms with Crippen molar-refractivity contribution in [3.05, 3.63) is 54.6 Å². The van der Waals surface area contributed by atoms with E-state index in [1.165, 1.54) is 6.07 Å². The second kappa shape index (κ2) is 10.1. The predicted octanol–water partition coefficient (Wildman–Crippen LogP) is 3.20. The van der Waals surface area contributed by atoms with Crippen LogP contribution >= 0.6 is 12.2 Å². The van der Waals surface area contributed by atoms with E-state index in [2.05, 4.69) is 15.4 Å². The van der Waals surface area contributed by atoms with Gasteiger partial charge in [0, 0.05) is 31.1 Å². The summed E-state index contributed by atoms with van der Waals surface area (Å²) in [7, 11) is -3.67. The Bertz CT molecular complexity index is 811. The number of para-hydroxylation sites is 1. The zero-order valence-electron chi connectivity index (χ0n) is 14.6. The number of hydrogen-bond acceptors (Lipinski definition) is 4. The molecule has 0 aliphatic rings. The van der Waals surface area contributed by atoms with E-state index in [-0.39, 0.29) is 4.90 Å². The van der Waals surface area contributed by atoms with Gasteiger partial charge in [-0.1, -0.05) is 24.3 Å². The van der Waals surface area contributed by atoms with Crippen LogP contribution in [-0.4, -0.2) is 33.3 Å². The Labute approximate surface area is 160 Å². The smallest absolute Gasteiger partial charge is 0.261 e. The lowest BCUT2D eigenvalue weighted by Crippen LogP contribution is -2.29. The average Bonchev–Trinajstić information content (AvgIpc) is 2.62. The molecule has 0 saturated carbocycles. The maximum atomic E-state index is 12.5. The topological polar surface area (TPSA) is 79.5 Å². The van der Waals surface area contributed by atoms with E-state index >= 15 is 0 Å². The number of sulfonamides is 1. The van der Waals surface area contributed by atoms with Gasteiger partial charge in [-0.3, -0.25) is 4.72 Å². The van der Waals surface area contributed by atoms with Gasteiger partial charge in [0.25, 0.3) is 10.0 Å². The average molecular weight is 394 g/mol. The van der Waals surface area contributed by atoms with E-state index in [1.807, 2.05) is 13.0 Å². The highest BCUT2D eigenvalue weighted by Gasteiger charge is 2.14. The molecule has 0 amide bonds. The van der Waals surface area contributed by atoms with Crippen LogP contribution in [0.3, 0.4) is 0 Å². The molecule has 8 heteroatoms. The molecule has 0 bridgehead atoms. The summed E-state index contributed by atoms with van der Waals surface area (Å²) in [5.41, 5.74) is 1.11. The molecule has 0 unspecified atom stereocenters. The van der Waals surface area contributed by atoms with Crippen LogP contribution in [0.2, 0.25) is 0 Å². The van der Waals surface area contributed by atoms with Gasteiger partial charge in [0.05, 0.1) is 4.90 Å². The molecule has 6 nitrogen and oxygen atoms in total. The van der Waals surface area contributed by atoms with E-state index in [4.69, 9.17) is 17.0 Å². The second-order valence-electron chi connectivity index (χ2n) is 5.43. The fraction of sp³-hybridized carbons (Fsp3) is 0.278. The fourth-order valence-electron chi connectivity index (χ4n) is 2.16. The van der Waals surface area contributed by atoms with E-state index in [9.17, 15) is 8.42 Å². The summed E-state index contributed by atoms with van der Waals surface area (Å²) in [6, 6.07) is 15.3. The van der Waals surface area contributed by atoms with Gasteiger partial charge in [0.2, 0.25) is 0 Å². The molecule has 0 atom stereocenters. The number of nitrogens with one attached hydrogen (secondary N) is 3. The Hall–Kier alpha value is -2.16. The minimum atomic E-state index is -3.67. The molecule has 0 radical (unpaired) electrons. The number of hydrogen-bond donors (Lipinski definition) is 3. The first-order chi connectivity index (χ1) is 12.5. The highest BCUT2D eigenvalue weighted by atomic mass is 32.2. The quantitative estimate of drug-likeness (QED) is 0.448. The molecular weight excluding hydrogens is 370 g/mol. The summed E-state index contributed by atoms with van der Waals surface area (Å²) in [6.07, 6.45) is 0.838. The van der Waals surface area contributed by atoms with Crippen molar-refractivity contribution in [3.8, 4) is 0 Å². The normalized spacial score (nSPS) is 11.0. The number of thiocarbonyl (C=S) groups is 1. The molecule has 3 N–H and O–H groups in total. The van der Waals surface area contributed by atoms with E-state index in [0.29, 0.717) is 36.2 Å². The highest BCUT2D eigenvalue weighted by Crippen LogP contribution is 2.19. The van der Waals surface area contributed by atoms with Gasteiger partial charge in [-0.25, -0.2) is 8.42 Å². The second-order valence-corrected chi connectivity index (χ2v) is 7.52. The Morgan fingerprint density at radius 2 is 1.81 bits per heavy atom. The van der Waals surface area contributed by atoms with Crippen molar-refractivity contribution >= 4 is 38.7 Å². The van der Waals surface area contributed by atoms with E-state index in [0.717, 1.165) is 6.42 Å². The van der Waals surface area contributed by atoms with Gasteiger partial charge < -0.3 is 15.4 Å². The SMILES string of the molecule is CCOCCCNC(=S)Nc1cccc(S(=O)(=O)Nc2ccccc2)c1. The largest absolute Gasteiger partial charge is 0.382 e. The van der Waals surface area contributed by atoms with Crippen LogP contribution < -0.4 is 15.4 Å². The van der Waals surface area contributed by atoms with Crippen molar-refractivity contribution in [1.82, 2.24) is 5.32 Å². The van der Waals surface area contributed by atoms with Crippen molar-refractivity contribution in [2.24, 2.45) is 0 Å². The molecule has 0 heterocycles. The number of ether oxygens (including phenoxy) is 1. The molecule has 140 valence electrons. The molecule has 0 spiro atoms. The van der Waals surface area contributed by atoms with Gasteiger partial charge in [0.15, 0.2) is 5.11 Å². The molecule has 2 aromatic carbocycles. The summed E-state index contributed by atoms with van der Waals surface area (Å²) in [5.74, 6) is 0. The minimum absolute atomic E-state index is 0.158. The molecule has 0 aliphatic heterocycles. The fourth-order valence-corrected chi connectivity index (χ4v) is 3.48. The van der Waals surface area contributed by atoms with Crippen LogP contribution in [0.5, 0.6) is 0 Å². The molecular formula is C18H23N3O3S2. The zero-order chi connectivity index (χ0) is 18.8. The number of benzene rings is 2. The first-order valence-corrected chi connectivity index (χ1v) is 10.2. The number of rotatable bonds is 9. The van der Waals surface area contributed by atoms with Crippen LogP contribution in [0.1, 0.15) is 13.3 Å². The summed E-state index contributed by atoms with van der Waals surface area (Å²) in [5, 5.41) is 6.50. The summed E-state index contributed by atoms with van der Waals surface area (Å²) in [4.78, 5) is 0.158. The standard InChI is InChI=1S/C18H23N3O3S2/c1-2-24-13-7-12-19-18(25)20-16-10-6-11-17(14-16)26(22,23)21-15-8-4-3-5-9-15/h3-6,8-11,14,21H,2,7,12-13H2,1H3,(H2,19,20,25). The maximum Gasteiger partial charge on any atom is 0.261 e. The monoisotopic (exact) mass is 393 g/mol. The van der Waals surface area contributed by atoms with Gasteiger partial charge >= 0.3 is 0 Å². The van der Waals surface area contributed by atoms with Crippen LogP contribution in [0.25, 0.3) is 0 Å². The predicted molar refractivity (Wildman–Crippen MR) is 109 cm³/mol. The Morgan fingerprint density at radius 1 is 1.08 bits per heavy atom. The first-order valence-electron chi connectivity index (χ1n) is 8.32. The van der Waals surface area contributed by atoms with Crippen LogP contribution in [0.15, 0.2) is 59.5 Å². The van der Waals surface area contributed by atoms with E-state index in [1.54, 1.807) is 42.5 Å². The summed E-state index contributed by atoms with van der Waals surface area (Å²) in [6.45, 7) is 4.00.